The first-order valence-electron chi connectivity index (χ1n) is 25.2. The average molecular weight is 1040 g/mol. The van der Waals surface area contributed by atoms with E-state index in [2.05, 4.69) is 109 Å². The number of hydrogen-bond acceptors (Lipinski definition) is 11. The molecule has 75 heavy (non-hydrogen) atoms. The largest absolute Gasteiger partial charge is 0.481 e. The van der Waals surface area contributed by atoms with E-state index in [4.69, 9.17) is 16.4 Å². The van der Waals surface area contributed by atoms with Crippen molar-refractivity contribution in [2.45, 2.75) is 128 Å². The Morgan fingerprint density at radius 2 is 1.57 bits per heavy atom. The number of amides is 5. The Kier molecular flexibility index (Phi) is 18.9. The summed E-state index contributed by atoms with van der Waals surface area (Å²) in [6.45, 7) is 3.75. The number of aliphatic carboxylic acids is 2. The predicted molar refractivity (Wildman–Crippen MR) is 280 cm³/mol. The second-order valence-corrected chi connectivity index (χ2v) is 20.4. The van der Waals surface area contributed by atoms with Crippen molar-refractivity contribution in [3.05, 3.63) is 96.4 Å². The molecule has 8 N–H and O–H groups in total. The Labute approximate surface area is 438 Å². The lowest BCUT2D eigenvalue weighted by Gasteiger charge is -2.37. The summed E-state index contributed by atoms with van der Waals surface area (Å²) >= 11 is 1.98. The topological polar surface area (TPSA) is 314 Å². The second-order valence-electron chi connectivity index (χ2n) is 19.2. The van der Waals surface area contributed by atoms with Crippen LogP contribution in [0.3, 0.4) is 0 Å². The van der Waals surface area contributed by atoms with Gasteiger partial charge in [0, 0.05) is 61.6 Å². The molecule has 0 fully saturated rings. The summed E-state index contributed by atoms with van der Waals surface area (Å²) in [5, 5.41) is 42.3. The number of rotatable bonds is 20. The number of nitrogens with one attached hydrogen (secondary N) is 4. The fourth-order valence-electron chi connectivity index (χ4n) is 9.97. The van der Waals surface area contributed by atoms with Crippen LogP contribution >= 0.6 is 11.8 Å². The molecule has 4 aliphatic rings. The first kappa shape index (κ1) is 54.9. The Morgan fingerprint density at radius 3 is 2.25 bits per heavy atom. The van der Waals surface area contributed by atoms with Gasteiger partial charge in [-0.2, -0.15) is 0 Å². The van der Waals surface area contributed by atoms with Gasteiger partial charge in [-0.05, 0) is 124 Å². The minimum Gasteiger partial charge on any atom is -0.481 e. The number of allylic oxidation sites excluding steroid dienone is 6. The van der Waals surface area contributed by atoms with Crippen molar-refractivity contribution in [1.29, 1.82) is 0 Å². The van der Waals surface area contributed by atoms with E-state index in [1.165, 1.54) is 60.9 Å². The standard InChI is InChI=1S/C54H61N11O9S/c1-31-25-36-16-15-35-11-3-4-12-38(35)50(36)49(31)51-39-26-33(9-5-7-23-58-63-56)13-19-43(39)75-44-20-14-34(27-40(44)51)10-6-8-24-65-30-37(62-64-65)17-21-45(66)61-42(28-48(70)71)53(73)57-29-46(67)60-41(18-22-47(68)69)54(74)59-32(2)52(55)72/h3-4,11-12,15-16,30-34,41-42H,7-8,13-14,17-29H2,1-2H3,(H2,55,72)(H,57,73)(H,59,74)(H,60,67)(H,61,66)(H,68,69)(H,70,71)/b51-49-/t31?,32-,33-,34?,41-,42-/m0/s1. The van der Waals surface area contributed by atoms with Gasteiger partial charge in [0.05, 0.1) is 25.2 Å². The number of carboxylic acids is 2. The maximum atomic E-state index is 13.0. The summed E-state index contributed by atoms with van der Waals surface area (Å²) in [5.74, 6) is 7.62. The number of primary amides is 1. The van der Waals surface area contributed by atoms with E-state index in [0.29, 0.717) is 37.5 Å². The van der Waals surface area contributed by atoms with E-state index in [-0.39, 0.29) is 31.1 Å². The molecule has 2 aromatic carbocycles. The molecule has 3 aliphatic carbocycles. The Bertz CT molecular complexity index is 3040. The van der Waals surface area contributed by atoms with Gasteiger partial charge in [-0.15, -0.1) is 16.9 Å². The second kappa shape index (κ2) is 25.9. The molecule has 2 unspecified atom stereocenters. The quantitative estimate of drug-likeness (QED) is 0.0247. The molecule has 1 aromatic heterocycles. The zero-order valence-corrected chi connectivity index (χ0v) is 42.8. The SMILES string of the molecule is CC1Cc2ccc3ccccc3c2/C1=C1\C2=C(CCC(C#CCCn3cc(CCC(=O)N[C@@H](CC(=O)O)C(=O)NCC(=O)N[C@@H](CCC(=O)O)C(=O)N[C@@H](C)C(N)=O)nn3)C2)SC2=C1C[C@@H](C#CCCN=[N+]=[N-])CC2. The fourth-order valence-corrected chi connectivity index (χ4v) is 11.3. The summed E-state index contributed by atoms with van der Waals surface area (Å²) in [4.78, 5) is 91.2. The number of hydrogen-bond donors (Lipinski definition) is 7. The van der Waals surface area contributed by atoms with Crippen LogP contribution in [0.4, 0.5) is 0 Å². The number of thioether (sulfide) groups is 1. The molecular weight excluding hydrogens is 979 g/mol. The number of carbonyl (C=O) groups is 7. The van der Waals surface area contributed by atoms with E-state index < -0.39 is 79.0 Å². The molecule has 392 valence electrons. The highest BCUT2D eigenvalue weighted by Crippen LogP contribution is 2.57. The third-order valence-corrected chi connectivity index (χ3v) is 15.0. The molecule has 0 spiro atoms. The first-order valence-corrected chi connectivity index (χ1v) is 26.0. The van der Waals surface area contributed by atoms with Crippen LogP contribution in [0.1, 0.15) is 108 Å². The first-order chi connectivity index (χ1) is 36.1. The van der Waals surface area contributed by atoms with Gasteiger partial charge in [0.25, 0.3) is 0 Å². The summed E-state index contributed by atoms with van der Waals surface area (Å²) in [5.41, 5.74) is 22.9. The molecule has 1 aliphatic heterocycles. The normalized spacial score (nSPS) is 19.7. The summed E-state index contributed by atoms with van der Waals surface area (Å²) in [7, 11) is 0. The van der Waals surface area contributed by atoms with Crippen molar-refractivity contribution >= 4 is 69.6 Å². The van der Waals surface area contributed by atoms with Crippen LogP contribution in [0.5, 0.6) is 0 Å². The zero-order chi connectivity index (χ0) is 53.6. The number of fused-ring (bicyclic) bond motifs is 3. The monoisotopic (exact) mass is 1040 g/mol. The molecule has 0 saturated heterocycles. The van der Waals surface area contributed by atoms with E-state index in [1.807, 2.05) is 11.8 Å². The fraction of sp³-hybridized carbons (Fsp3) is 0.463. The van der Waals surface area contributed by atoms with Gasteiger partial charge in [-0.25, -0.2) is 0 Å². The van der Waals surface area contributed by atoms with E-state index in [0.717, 1.165) is 44.9 Å². The smallest absolute Gasteiger partial charge is 0.305 e. The maximum absolute atomic E-state index is 13.0. The summed E-state index contributed by atoms with van der Waals surface area (Å²) in [6.07, 6.45) is 7.77. The van der Waals surface area contributed by atoms with Crippen LogP contribution < -0.4 is 27.0 Å². The van der Waals surface area contributed by atoms with Gasteiger partial charge in [0.15, 0.2) is 0 Å². The summed E-state index contributed by atoms with van der Waals surface area (Å²) < 4.78 is 1.65. The van der Waals surface area contributed by atoms with Crippen LogP contribution in [-0.2, 0) is 52.9 Å². The van der Waals surface area contributed by atoms with Gasteiger partial charge < -0.3 is 37.2 Å². The molecule has 6 atom stereocenters. The van der Waals surface area contributed by atoms with E-state index in [9.17, 15) is 38.7 Å². The highest BCUT2D eigenvalue weighted by Gasteiger charge is 2.39. The van der Waals surface area contributed by atoms with Gasteiger partial charge in [0.2, 0.25) is 29.5 Å². The Balaban J connectivity index is 0.947. The summed E-state index contributed by atoms with van der Waals surface area (Å²) in [6, 6.07) is 9.16. The third-order valence-electron chi connectivity index (χ3n) is 13.6. The highest BCUT2D eigenvalue weighted by atomic mass is 32.2. The molecule has 3 aromatic rings. The van der Waals surface area contributed by atoms with Crippen LogP contribution in [0.25, 0.3) is 26.8 Å². The van der Waals surface area contributed by atoms with Crippen molar-refractivity contribution in [3.63, 3.8) is 0 Å². The van der Waals surface area contributed by atoms with E-state index >= 15 is 0 Å². The molecule has 0 saturated carbocycles. The van der Waals surface area contributed by atoms with Crippen LogP contribution in [0.2, 0.25) is 0 Å². The molecule has 5 amide bonds. The van der Waals surface area contributed by atoms with Crippen molar-refractivity contribution in [2.75, 3.05) is 13.1 Å². The Hall–Kier alpha value is -7.87. The number of aryl methyl sites for hydroxylation is 2. The molecule has 20 nitrogen and oxygen atoms in total. The number of carboxylic acid groups (broad SMARTS) is 2. The zero-order valence-electron chi connectivity index (χ0n) is 41.9. The van der Waals surface area contributed by atoms with Gasteiger partial charge in [-0.3, -0.25) is 38.2 Å². The average Bonchev–Trinajstić information content (AvgIpc) is 3.99. The van der Waals surface area contributed by atoms with Crippen molar-refractivity contribution < 1.29 is 43.8 Å². The molecule has 2 heterocycles. The molecule has 7 rings (SSSR count). The maximum Gasteiger partial charge on any atom is 0.305 e. The van der Waals surface area contributed by atoms with Crippen molar-refractivity contribution in [3.8, 4) is 23.7 Å². The van der Waals surface area contributed by atoms with Crippen LogP contribution in [0, 0.1) is 41.4 Å². The lowest BCUT2D eigenvalue weighted by atomic mass is 9.74. The Morgan fingerprint density at radius 1 is 0.880 bits per heavy atom. The van der Waals surface area contributed by atoms with Crippen molar-refractivity contribution in [2.24, 2.45) is 28.6 Å². The molecule has 21 heteroatoms. The van der Waals surface area contributed by atoms with Gasteiger partial charge in [0.1, 0.15) is 18.1 Å². The minimum absolute atomic E-state index is 0.132. The number of azide groups is 1. The highest BCUT2D eigenvalue weighted by molar-refractivity contribution is 8.06. The minimum atomic E-state index is -1.56. The number of nitrogens with two attached hydrogens (primary N) is 1. The third kappa shape index (κ3) is 14.7. The van der Waals surface area contributed by atoms with Gasteiger partial charge in [-0.1, -0.05) is 77.3 Å². The number of nitrogens with zero attached hydrogens (tertiary/aromatic N) is 6. The lowest BCUT2D eigenvalue weighted by molar-refractivity contribution is -0.141. The van der Waals surface area contributed by atoms with Crippen LogP contribution in [0.15, 0.2) is 74.2 Å². The van der Waals surface area contributed by atoms with Crippen molar-refractivity contribution in [1.82, 2.24) is 36.3 Å². The molecule has 0 radical (unpaired) electrons. The van der Waals surface area contributed by atoms with Gasteiger partial charge >= 0.3 is 11.9 Å². The molecular formula is C54H61N11O9S. The molecule has 0 bridgehead atoms. The number of carbonyl (C=O) groups excluding carboxylic acids is 5. The predicted octanol–water partition coefficient (Wildman–Crippen LogP) is 5.38. The lowest BCUT2D eigenvalue weighted by Crippen LogP contribution is -2.54. The number of aromatic nitrogens is 3. The van der Waals surface area contributed by atoms with Crippen LogP contribution in [-0.4, -0.2) is 97.9 Å². The van der Waals surface area contributed by atoms with E-state index in [1.54, 1.807) is 10.9 Å². The number of benzene rings is 2.